The lowest BCUT2D eigenvalue weighted by molar-refractivity contribution is 0.459. The van der Waals surface area contributed by atoms with E-state index in [2.05, 4.69) is 20.8 Å². The second-order valence-electron chi connectivity index (χ2n) is 14.8. The molecular formula is C43H87. The molecule has 1 radical (unpaired) electrons. The van der Waals surface area contributed by atoms with E-state index < -0.39 is 0 Å². The lowest BCUT2D eigenvalue weighted by Gasteiger charge is -2.11. The maximum Gasteiger partial charge on any atom is -0.0414 e. The van der Waals surface area contributed by atoms with E-state index in [1.165, 1.54) is 250 Å². The van der Waals surface area contributed by atoms with E-state index in [9.17, 15) is 0 Å². The van der Waals surface area contributed by atoms with Crippen molar-refractivity contribution >= 4 is 0 Å². The lowest BCUT2D eigenvalue weighted by atomic mass is 9.95. The highest BCUT2D eigenvalue weighted by Crippen LogP contribution is 2.20. The van der Waals surface area contributed by atoms with E-state index in [0.29, 0.717) is 5.92 Å². The van der Waals surface area contributed by atoms with Gasteiger partial charge >= 0.3 is 0 Å². The third-order valence-electron chi connectivity index (χ3n) is 10.2. The van der Waals surface area contributed by atoms with Crippen molar-refractivity contribution in [1.29, 1.82) is 0 Å². The van der Waals surface area contributed by atoms with Gasteiger partial charge in [-0.15, -0.1) is 0 Å². The van der Waals surface area contributed by atoms with Crippen molar-refractivity contribution in [1.82, 2.24) is 0 Å². The number of hydrogen-bond donors (Lipinski definition) is 0. The number of hydrogen-bond acceptors (Lipinski definition) is 0. The van der Waals surface area contributed by atoms with Gasteiger partial charge in [0.05, 0.1) is 0 Å². The first-order valence-corrected chi connectivity index (χ1v) is 21.1. The predicted molar refractivity (Wildman–Crippen MR) is 200 cm³/mol. The fraction of sp³-hybridized carbons (Fsp3) is 0.977. The van der Waals surface area contributed by atoms with Gasteiger partial charge in [0, 0.05) is 0 Å². The molecule has 0 aromatic heterocycles. The Labute approximate surface area is 276 Å². The van der Waals surface area contributed by atoms with Crippen molar-refractivity contribution in [2.24, 2.45) is 5.92 Å². The Morgan fingerprint density at radius 2 is 0.372 bits per heavy atom. The first-order valence-electron chi connectivity index (χ1n) is 21.1. The van der Waals surface area contributed by atoms with Crippen LogP contribution < -0.4 is 0 Å². The quantitative estimate of drug-likeness (QED) is 0.0613. The van der Waals surface area contributed by atoms with Crippen LogP contribution in [0.5, 0.6) is 0 Å². The summed E-state index contributed by atoms with van der Waals surface area (Å²) in [6.45, 7) is 9.08. The van der Waals surface area contributed by atoms with E-state index in [0.717, 1.165) is 0 Å². The Bertz CT molecular complexity index is 453. The molecule has 0 N–H and O–H groups in total. The normalized spacial score (nSPS) is 12.3. The summed E-state index contributed by atoms with van der Waals surface area (Å²) in [4.78, 5) is 0. The molecule has 0 rings (SSSR count). The van der Waals surface area contributed by atoms with E-state index in [4.69, 9.17) is 0 Å². The van der Waals surface area contributed by atoms with Gasteiger partial charge in [-0.25, -0.2) is 0 Å². The first-order chi connectivity index (χ1) is 21.3. The Morgan fingerprint density at radius 3 is 0.535 bits per heavy atom. The molecule has 0 aromatic carbocycles. The van der Waals surface area contributed by atoms with Crippen molar-refractivity contribution < 1.29 is 0 Å². The van der Waals surface area contributed by atoms with E-state index in [1.807, 2.05) is 0 Å². The van der Waals surface area contributed by atoms with Crippen molar-refractivity contribution in [2.75, 3.05) is 0 Å². The van der Waals surface area contributed by atoms with Gasteiger partial charge in [-0.05, 0) is 5.92 Å². The van der Waals surface area contributed by atoms with Gasteiger partial charge in [0.1, 0.15) is 0 Å². The molecule has 1 unspecified atom stereocenters. The van der Waals surface area contributed by atoms with Gasteiger partial charge < -0.3 is 0 Å². The highest BCUT2D eigenvalue weighted by atomic mass is 14.1. The van der Waals surface area contributed by atoms with Crippen LogP contribution in [0, 0.1) is 12.8 Å². The summed E-state index contributed by atoms with van der Waals surface area (Å²) in [5.74, 6) is 0.715. The van der Waals surface area contributed by atoms with Crippen LogP contribution >= 0.6 is 0 Å². The van der Waals surface area contributed by atoms with E-state index in [-0.39, 0.29) is 0 Å². The summed E-state index contributed by atoms with van der Waals surface area (Å²) in [5.41, 5.74) is 0. The maximum atomic E-state index is 4.46. The third kappa shape index (κ3) is 40.0. The Balaban J connectivity index is 3.12. The smallest absolute Gasteiger partial charge is 0.0414 e. The van der Waals surface area contributed by atoms with Crippen LogP contribution in [-0.2, 0) is 0 Å². The largest absolute Gasteiger partial charge is 0.0654 e. The molecule has 0 spiro atoms. The summed E-state index contributed by atoms with van der Waals surface area (Å²) < 4.78 is 0. The van der Waals surface area contributed by atoms with E-state index >= 15 is 0 Å². The zero-order valence-electron chi connectivity index (χ0n) is 30.9. The van der Waals surface area contributed by atoms with Crippen molar-refractivity contribution in [2.45, 2.75) is 264 Å². The zero-order valence-corrected chi connectivity index (χ0v) is 30.9. The van der Waals surface area contributed by atoms with Crippen LogP contribution in [-0.4, -0.2) is 0 Å². The Hall–Kier alpha value is 0. The van der Waals surface area contributed by atoms with E-state index in [1.54, 1.807) is 0 Å². The Morgan fingerprint density at radius 1 is 0.233 bits per heavy atom. The van der Waals surface area contributed by atoms with Crippen LogP contribution in [0.4, 0.5) is 0 Å². The van der Waals surface area contributed by atoms with Crippen LogP contribution in [0.15, 0.2) is 0 Å². The molecule has 0 aliphatic rings. The molecule has 0 saturated carbocycles. The van der Waals surface area contributed by atoms with Gasteiger partial charge in [0.15, 0.2) is 0 Å². The topological polar surface area (TPSA) is 0 Å². The van der Waals surface area contributed by atoms with Gasteiger partial charge in [-0.2, -0.15) is 0 Å². The molecule has 43 heavy (non-hydrogen) atoms. The summed E-state index contributed by atoms with van der Waals surface area (Å²) in [6.07, 6.45) is 57.0. The van der Waals surface area contributed by atoms with Gasteiger partial charge in [0.25, 0.3) is 0 Å². The molecule has 0 nitrogen and oxygen atoms in total. The monoisotopic (exact) mass is 604 g/mol. The summed E-state index contributed by atoms with van der Waals surface area (Å²) >= 11 is 0. The van der Waals surface area contributed by atoms with Gasteiger partial charge in [0.2, 0.25) is 0 Å². The fourth-order valence-corrected chi connectivity index (χ4v) is 6.99. The van der Waals surface area contributed by atoms with Crippen LogP contribution in [0.2, 0.25) is 0 Å². The molecule has 0 amide bonds. The van der Waals surface area contributed by atoms with Crippen LogP contribution in [0.25, 0.3) is 0 Å². The molecule has 259 valence electrons. The fourth-order valence-electron chi connectivity index (χ4n) is 6.99. The first kappa shape index (κ1) is 43.0. The highest BCUT2D eigenvalue weighted by Gasteiger charge is 2.03. The third-order valence-corrected chi connectivity index (χ3v) is 10.2. The van der Waals surface area contributed by atoms with Crippen LogP contribution in [0.1, 0.15) is 264 Å². The molecule has 0 heterocycles. The van der Waals surface area contributed by atoms with Crippen LogP contribution in [0.3, 0.4) is 0 Å². The van der Waals surface area contributed by atoms with Crippen molar-refractivity contribution in [3.8, 4) is 0 Å². The lowest BCUT2D eigenvalue weighted by Crippen LogP contribution is -1.95. The minimum atomic E-state index is 0.715. The molecule has 0 saturated heterocycles. The molecule has 0 fully saturated rings. The number of rotatable bonds is 39. The second kappa shape index (κ2) is 40.0. The summed E-state index contributed by atoms with van der Waals surface area (Å²) in [7, 11) is 0. The minimum Gasteiger partial charge on any atom is -0.0654 e. The number of unbranched alkanes of at least 4 members (excludes halogenated alkanes) is 35. The molecule has 1 atom stereocenters. The molecule has 0 heteroatoms. The van der Waals surface area contributed by atoms with Gasteiger partial charge in [-0.3, -0.25) is 0 Å². The Kier molecular flexibility index (Phi) is 40.0. The van der Waals surface area contributed by atoms with Crippen molar-refractivity contribution in [3.05, 3.63) is 6.92 Å². The molecule has 0 aromatic rings. The zero-order chi connectivity index (χ0) is 31.2. The second-order valence-corrected chi connectivity index (χ2v) is 14.8. The standard InChI is InChI=1S/C43H87/c1-4-6-8-10-12-14-16-18-19-20-21-22-23-24-25-26-27-28-30-32-34-36-38-40-42-43(3)41-39-37-35-33-31-29-17-15-13-11-9-7-5-2/h43H,3-42H2,1-2H3. The summed E-state index contributed by atoms with van der Waals surface area (Å²) in [6, 6.07) is 0. The molecule has 0 aliphatic heterocycles. The SMILES string of the molecule is [CH2]C(CCCCCCCCCCCCCCC)CCCCCCCCCCCCCCCCCCCCCCCCCC. The molecular weight excluding hydrogens is 516 g/mol. The predicted octanol–water partition coefficient (Wildman–Crippen LogP) is 16.7. The van der Waals surface area contributed by atoms with Gasteiger partial charge in [-0.1, -0.05) is 271 Å². The average Bonchev–Trinajstić information content (AvgIpc) is 3.01. The molecule has 0 bridgehead atoms. The maximum absolute atomic E-state index is 4.46. The highest BCUT2D eigenvalue weighted by molar-refractivity contribution is 4.62. The molecule has 0 aliphatic carbocycles. The van der Waals surface area contributed by atoms with Crippen molar-refractivity contribution in [3.63, 3.8) is 0 Å². The average molecular weight is 604 g/mol. The summed E-state index contributed by atoms with van der Waals surface area (Å²) in [5, 5.41) is 0. The minimum absolute atomic E-state index is 0.715.